The number of methoxy groups -OCH3 is 1. The molecule has 0 aliphatic carbocycles. The number of hydrogen-bond donors (Lipinski definition) is 1. The Bertz CT molecular complexity index is 587. The van der Waals surface area contributed by atoms with Crippen LogP contribution in [0.5, 0.6) is 17.2 Å². The van der Waals surface area contributed by atoms with Gasteiger partial charge in [-0.25, -0.2) is 4.39 Å². The molecule has 0 unspecified atom stereocenters. The Morgan fingerprint density at radius 3 is 2.41 bits per heavy atom. The molecule has 5 heteroatoms. The molecule has 2 aromatic carbocycles. The van der Waals surface area contributed by atoms with E-state index in [0.29, 0.717) is 37.0 Å². The zero-order chi connectivity index (χ0) is 15.8. The predicted octanol–water partition coefficient (Wildman–Crippen LogP) is 2.79. The molecule has 0 saturated carbocycles. The highest BCUT2D eigenvalue weighted by molar-refractivity contribution is 5.46. The van der Waals surface area contributed by atoms with Gasteiger partial charge in [0.15, 0.2) is 11.5 Å². The standard InChI is InChI=1S/C17H20FNO3/c1-20-17-13(9-10-19)3-2-4-16(17)22-12-11-21-15-7-5-14(18)6-8-15/h2-8H,9-12,19H2,1H3. The molecule has 0 aliphatic heterocycles. The Kier molecular flexibility index (Phi) is 6.03. The number of rotatable bonds is 8. The summed E-state index contributed by atoms with van der Waals surface area (Å²) in [7, 11) is 1.61. The van der Waals surface area contributed by atoms with E-state index in [-0.39, 0.29) is 5.82 Å². The van der Waals surface area contributed by atoms with Gasteiger partial charge in [-0.1, -0.05) is 12.1 Å². The SMILES string of the molecule is COc1c(CCN)cccc1OCCOc1ccc(F)cc1. The van der Waals surface area contributed by atoms with Gasteiger partial charge in [-0.05, 0) is 48.9 Å². The fourth-order valence-electron chi connectivity index (χ4n) is 2.10. The van der Waals surface area contributed by atoms with E-state index in [1.807, 2.05) is 18.2 Å². The maximum atomic E-state index is 12.8. The van der Waals surface area contributed by atoms with Gasteiger partial charge in [0.25, 0.3) is 0 Å². The summed E-state index contributed by atoms with van der Waals surface area (Å²) in [5, 5.41) is 0. The largest absolute Gasteiger partial charge is 0.493 e. The lowest BCUT2D eigenvalue weighted by Gasteiger charge is -2.14. The van der Waals surface area contributed by atoms with Crippen molar-refractivity contribution in [2.45, 2.75) is 6.42 Å². The molecule has 0 radical (unpaired) electrons. The molecule has 0 aromatic heterocycles. The molecule has 118 valence electrons. The van der Waals surface area contributed by atoms with Crippen LogP contribution in [0.4, 0.5) is 4.39 Å². The van der Waals surface area contributed by atoms with Gasteiger partial charge in [-0.2, -0.15) is 0 Å². The first-order chi connectivity index (χ1) is 10.7. The van der Waals surface area contributed by atoms with Gasteiger partial charge in [0, 0.05) is 0 Å². The smallest absolute Gasteiger partial charge is 0.163 e. The van der Waals surface area contributed by atoms with Crippen molar-refractivity contribution in [3.63, 3.8) is 0 Å². The van der Waals surface area contributed by atoms with Gasteiger partial charge < -0.3 is 19.9 Å². The average Bonchev–Trinajstić information content (AvgIpc) is 2.54. The van der Waals surface area contributed by atoms with Crippen molar-refractivity contribution in [1.29, 1.82) is 0 Å². The molecule has 0 fully saturated rings. The van der Waals surface area contributed by atoms with Crippen molar-refractivity contribution in [2.24, 2.45) is 5.73 Å². The molecule has 2 aromatic rings. The molecule has 0 saturated heterocycles. The average molecular weight is 305 g/mol. The number of halogens is 1. The molecule has 2 N–H and O–H groups in total. The molecule has 0 spiro atoms. The normalized spacial score (nSPS) is 10.3. The van der Waals surface area contributed by atoms with Crippen molar-refractivity contribution in [1.82, 2.24) is 0 Å². The van der Waals surface area contributed by atoms with Crippen LogP contribution in [0.15, 0.2) is 42.5 Å². The van der Waals surface area contributed by atoms with E-state index in [4.69, 9.17) is 19.9 Å². The quantitative estimate of drug-likeness (QED) is 0.762. The topological polar surface area (TPSA) is 53.7 Å². The van der Waals surface area contributed by atoms with Crippen molar-refractivity contribution in [2.75, 3.05) is 26.9 Å². The molecule has 0 aliphatic rings. The van der Waals surface area contributed by atoms with Gasteiger partial charge in [0.1, 0.15) is 24.8 Å². The van der Waals surface area contributed by atoms with Crippen molar-refractivity contribution < 1.29 is 18.6 Å². The Morgan fingerprint density at radius 1 is 1.00 bits per heavy atom. The molecule has 0 amide bonds. The minimum atomic E-state index is -0.287. The number of hydrogen-bond acceptors (Lipinski definition) is 4. The highest BCUT2D eigenvalue weighted by Gasteiger charge is 2.09. The Balaban J connectivity index is 1.88. The van der Waals surface area contributed by atoms with Gasteiger partial charge >= 0.3 is 0 Å². The fourth-order valence-corrected chi connectivity index (χ4v) is 2.10. The van der Waals surface area contributed by atoms with Crippen LogP contribution in [0.3, 0.4) is 0 Å². The van der Waals surface area contributed by atoms with Gasteiger partial charge in [-0.15, -0.1) is 0 Å². The summed E-state index contributed by atoms with van der Waals surface area (Å²) in [5.41, 5.74) is 6.60. The van der Waals surface area contributed by atoms with Crippen LogP contribution in [0.2, 0.25) is 0 Å². The third-order valence-electron chi connectivity index (χ3n) is 3.10. The van der Waals surface area contributed by atoms with E-state index in [1.165, 1.54) is 12.1 Å². The van der Waals surface area contributed by atoms with E-state index in [9.17, 15) is 4.39 Å². The molecule has 0 heterocycles. The van der Waals surface area contributed by atoms with Crippen LogP contribution in [0, 0.1) is 5.82 Å². The first-order valence-corrected chi connectivity index (χ1v) is 7.11. The fraction of sp³-hybridized carbons (Fsp3) is 0.294. The number of para-hydroxylation sites is 1. The van der Waals surface area contributed by atoms with E-state index < -0.39 is 0 Å². The summed E-state index contributed by atoms with van der Waals surface area (Å²) in [6.45, 7) is 1.27. The molecule has 0 bridgehead atoms. The Morgan fingerprint density at radius 2 is 1.73 bits per heavy atom. The lowest BCUT2D eigenvalue weighted by Crippen LogP contribution is -2.10. The molecule has 0 atom stereocenters. The van der Waals surface area contributed by atoms with Crippen LogP contribution < -0.4 is 19.9 Å². The summed E-state index contributed by atoms with van der Waals surface area (Å²) in [4.78, 5) is 0. The zero-order valence-electron chi connectivity index (χ0n) is 12.5. The zero-order valence-corrected chi connectivity index (χ0v) is 12.5. The van der Waals surface area contributed by atoms with Gasteiger partial charge in [-0.3, -0.25) is 0 Å². The van der Waals surface area contributed by atoms with E-state index >= 15 is 0 Å². The summed E-state index contributed by atoms with van der Waals surface area (Å²) < 4.78 is 29.3. The summed E-state index contributed by atoms with van der Waals surface area (Å²) in [6.07, 6.45) is 0.729. The van der Waals surface area contributed by atoms with Crippen molar-refractivity contribution in [3.05, 3.63) is 53.8 Å². The van der Waals surface area contributed by atoms with Crippen molar-refractivity contribution in [3.8, 4) is 17.2 Å². The highest BCUT2D eigenvalue weighted by Crippen LogP contribution is 2.31. The first-order valence-electron chi connectivity index (χ1n) is 7.11. The highest BCUT2D eigenvalue weighted by atomic mass is 19.1. The summed E-state index contributed by atoms with van der Waals surface area (Å²) in [6, 6.07) is 11.6. The number of benzene rings is 2. The van der Waals surface area contributed by atoms with E-state index in [0.717, 1.165) is 12.0 Å². The summed E-state index contributed by atoms with van der Waals surface area (Å²) >= 11 is 0. The minimum Gasteiger partial charge on any atom is -0.493 e. The van der Waals surface area contributed by atoms with Crippen LogP contribution in [0.25, 0.3) is 0 Å². The molecule has 22 heavy (non-hydrogen) atoms. The van der Waals surface area contributed by atoms with E-state index in [2.05, 4.69) is 0 Å². The van der Waals surface area contributed by atoms with Crippen LogP contribution >= 0.6 is 0 Å². The summed E-state index contributed by atoms with van der Waals surface area (Å²) in [5.74, 6) is 1.68. The first kappa shape index (κ1) is 16.1. The lowest BCUT2D eigenvalue weighted by atomic mass is 10.1. The predicted molar refractivity (Wildman–Crippen MR) is 83.1 cm³/mol. The monoisotopic (exact) mass is 305 g/mol. The molecule has 4 nitrogen and oxygen atoms in total. The maximum absolute atomic E-state index is 12.8. The maximum Gasteiger partial charge on any atom is 0.163 e. The second-order valence-corrected chi connectivity index (χ2v) is 4.64. The molecular formula is C17H20FNO3. The number of nitrogens with two attached hydrogens (primary N) is 1. The van der Waals surface area contributed by atoms with Gasteiger partial charge in [0.05, 0.1) is 7.11 Å². The lowest BCUT2D eigenvalue weighted by molar-refractivity contribution is 0.211. The molecular weight excluding hydrogens is 285 g/mol. The second kappa shape index (κ2) is 8.24. The third-order valence-corrected chi connectivity index (χ3v) is 3.10. The number of ether oxygens (including phenoxy) is 3. The van der Waals surface area contributed by atoms with Gasteiger partial charge in [0.2, 0.25) is 0 Å². The second-order valence-electron chi connectivity index (χ2n) is 4.64. The van der Waals surface area contributed by atoms with Crippen LogP contribution in [-0.4, -0.2) is 26.9 Å². The molecule has 2 rings (SSSR count). The Labute approximate surface area is 129 Å². The van der Waals surface area contributed by atoms with Crippen molar-refractivity contribution >= 4 is 0 Å². The van der Waals surface area contributed by atoms with E-state index in [1.54, 1.807) is 19.2 Å². The third kappa shape index (κ3) is 4.36. The minimum absolute atomic E-state index is 0.287. The van der Waals surface area contributed by atoms with Crippen LogP contribution in [-0.2, 0) is 6.42 Å². The van der Waals surface area contributed by atoms with Crippen LogP contribution in [0.1, 0.15) is 5.56 Å². The Hall–Kier alpha value is -2.27.